The minimum Gasteiger partial charge on any atom is -0.494 e. The van der Waals surface area contributed by atoms with Gasteiger partial charge in [-0.15, -0.1) is 0 Å². The number of hydrogen-bond acceptors (Lipinski definition) is 3. The summed E-state index contributed by atoms with van der Waals surface area (Å²) < 4.78 is 5.74. The molecule has 1 aromatic carbocycles. The number of piperidine rings is 1. The first-order valence-electron chi connectivity index (χ1n) is 8.61. The van der Waals surface area contributed by atoms with Crippen molar-refractivity contribution in [1.29, 1.82) is 0 Å². The Bertz CT molecular complexity index is 498. The van der Waals surface area contributed by atoms with Crippen LogP contribution in [0.1, 0.15) is 39.2 Å². The topological polar surface area (TPSA) is 49.8 Å². The fourth-order valence-corrected chi connectivity index (χ4v) is 3.13. The zero-order valence-corrected chi connectivity index (χ0v) is 14.5. The second-order valence-corrected chi connectivity index (χ2v) is 7.25. The highest BCUT2D eigenvalue weighted by Crippen LogP contribution is 2.24. The molecule has 1 aliphatic heterocycles. The molecule has 0 spiro atoms. The van der Waals surface area contributed by atoms with E-state index in [1.165, 1.54) is 5.56 Å². The standard InChI is InChI=1S/C19H29NO3/c1-14(2)8-9-23-18-6-4-16(5-7-18)12-20-11-15(3)10-17(13-20)19(21)22/h4-7,14-15,17H,8-13H2,1-3H3,(H,21,22). The van der Waals surface area contributed by atoms with Gasteiger partial charge in [-0.25, -0.2) is 0 Å². The van der Waals surface area contributed by atoms with Crippen molar-refractivity contribution in [3.8, 4) is 5.75 Å². The predicted octanol–water partition coefficient (Wildman–Crippen LogP) is 3.65. The molecule has 0 amide bonds. The van der Waals surface area contributed by atoms with Crippen LogP contribution in [0, 0.1) is 17.8 Å². The van der Waals surface area contributed by atoms with Gasteiger partial charge in [-0.1, -0.05) is 32.9 Å². The van der Waals surface area contributed by atoms with Gasteiger partial charge in [0.25, 0.3) is 0 Å². The van der Waals surface area contributed by atoms with E-state index >= 15 is 0 Å². The Morgan fingerprint density at radius 2 is 2.00 bits per heavy atom. The third-order valence-electron chi connectivity index (χ3n) is 4.38. The van der Waals surface area contributed by atoms with Crippen molar-refractivity contribution in [1.82, 2.24) is 4.90 Å². The quantitative estimate of drug-likeness (QED) is 0.833. The van der Waals surface area contributed by atoms with Crippen LogP contribution in [0.15, 0.2) is 24.3 Å². The van der Waals surface area contributed by atoms with E-state index in [2.05, 4.69) is 37.8 Å². The Labute approximate surface area is 139 Å². The zero-order chi connectivity index (χ0) is 16.8. The fourth-order valence-electron chi connectivity index (χ4n) is 3.13. The second kappa shape index (κ2) is 8.34. The number of nitrogens with zero attached hydrogens (tertiary/aromatic N) is 1. The van der Waals surface area contributed by atoms with Gasteiger partial charge in [0.2, 0.25) is 0 Å². The van der Waals surface area contributed by atoms with Crippen LogP contribution in [0.3, 0.4) is 0 Å². The maximum absolute atomic E-state index is 11.2. The summed E-state index contributed by atoms with van der Waals surface area (Å²) in [7, 11) is 0. The molecular formula is C19H29NO3. The largest absolute Gasteiger partial charge is 0.494 e. The fraction of sp³-hybridized carbons (Fsp3) is 0.632. The molecule has 0 aliphatic carbocycles. The van der Waals surface area contributed by atoms with E-state index in [9.17, 15) is 9.90 Å². The molecule has 1 N–H and O–H groups in total. The van der Waals surface area contributed by atoms with Gasteiger partial charge in [-0.05, 0) is 42.4 Å². The number of benzene rings is 1. The highest BCUT2D eigenvalue weighted by Gasteiger charge is 2.29. The Balaban J connectivity index is 1.86. The molecule has 4 heteroatoms. The molecule has 2 atom stereocenters. The van der Waals surface area contributed by atoms with Gasteiger partial charge < -0.3 is 9.84 Å². The normalized spacial score (nSPS) is 22.3. The monoisotopic (exact) mass is 319 g/mol. The van der Waals surface area contributed by atoms with Gasteiger partial charge in [-0.3, -0.25) is 9.69 Å². The summed E-state index contributed by atoms with van der Waals surface area (Å²) in [5, 5.41) is 9.25. The van der Waals surface area contributed by atoms with E-state index < -0.39 is 5.97 Å². The van der Waals surface area contributed by atoms with Crippen LogP contribution in [-0.4, -0.2) is 35.7 Å². The summed E-state index contributed by atoms with van der Waals surface area (Å²) in [6.07, 6.45) is 1.85. The highest BCUT2D eigenvalue weighted by molar-refractivity contribution is 5.70. The Morgan fingerprint density at radius 1 is 1.30 bits per heavy atom. The van der Waals surface area contributed by atoms with E-state index in [1.807, 2.05) is 12.1 Å². The van der Waals surface area contributed by atoms with E-state index in [0.717, 1.165) is 38.3 Å². The first kappa shape index (κ1) is 17.8. The van der Waals surface area contributed by atoms with Gasteiger partial charge in [-0.2, -0.15) is 0 Å². The minimum atomic E-state index is -0.671. The summed E-state index contributed by atoms with van der Waals surface area (Å²) in [4.78, 5) is 13.5. The van der Waals surface area contributed by atoms with Gasteiger partial charge in [0, 0.05) is 19.6 Å². The van der Waals surface area contributed by atoms with Crippen molar-refractivity contribution in [2.45, 2.75) is 40.2 Å². The molecule has 1 saturated heterocycles. The number of rotatable bonds is 7. The highest BCUT2D eigenvalue weighted by atomic mass is 16.5. The molecule has 2 rings (SSSR count). The molecule has 1 aliphatic rings. The molecule has 0 saturated carbocycles. The SMILES string of the molecule is CC(C)CCOc1ccc(CN2CC(C)CC(C(=O)O)C2)cc1. The number of likely N-dealkylation sites (tertiary alicyclic amines) is 1. The number of aliphatic carboxylic acids is 1. The van der Waals surface area contributed by atoms with Crippen molar-refractivity contribution in [2.24, 2.45) is 17.8 Å². The number of hydrogen-bond donors (Lipinski definition) is 1. The molecule has 1 aromatic rings. The lowest BCUT2D eigenvalue weighted by atomic mass is 9.90. The lowest BCUT2D eigenvalue weighted by molar-refractivity contribution is -0.144. The molecule has 23 heavy (non-hydrogen) atoms. The van der Waals surface area contributed by atoms with Crippen LogP contribution in [0.2, 0.25) is 0 Å². The van der Waals surface area contributed by atoms with Crippen molar-refractivity contribution < 1.29 is 14.6 Å². The summed E-state index contributed by atoms with van der Waals surface area (Å²) in [5.41, 5.74) is 1.21. The van der Waals surface area contributed by atoms with Crippen LogP contribution in [0.5, 0.6) is 5.75 Å². The molecule has 1 fully saturated rings. The van der Waals surface area contributed by atoms with E-state index in [0.29, 0.717) is 18.4 Å². The first-order chi connectivity index (χ1) is 10.9. The number of carboxylic acid groups (broad SMARTS) is 1. The van der Waals surface area contributed by atoms with E-state index in [-0.39, 0.29) is 5.92 Å². The lowest BCUT2D eigenvalue weighted by Crippen LogP contribution is -2.41. The molecule has 0 radical (unpaired) electrons. The average Bonchev–Trinajstić information content (AvgIpc) is 2.48. The average molecular weight is 319 g/mol. The molecule has 128 valence electrons. The maximum Gasteiger partial charge on any atom is 0.307 e. The molecule has 1 heterocycles. The minimum absolute atomic E-state index is 0.239. The Hall–Kier alpha value is -1.55. The van der Waals surface area contributed by atoms with E-state index in [4.69, 9.17) is 4.74 Å². The third kappa shape index (κ3) is 5.87. The summed E-state index contributed by atoms with van der Waals surface area (Å²) >= 11 is 0. The Kier molecular flexibility index (Phi) is 6.46. The number of carboxylic acids is 1. The van der Waals surface area contributed by atoms with Crippen molar-refractivity contribution in [3.63, 3.8) is 0 Å². The third-order valence-corrected chi connectivity index (χ3v) is 4.38. The molecular weight excluding hydrogens is 290 g/mol. The second-order valence-electron chi connectivity index (χ2n) is 7.25. The summed E-state index contributed by atoms with van der Waals surface area (Å²) in [5.74, 6) is 1.08. The van der Waals surface area contributed by atoms with Crippen LogP contribution in [-0.2, 0) is 11.3 Å². The van der Waals surface area contributed by atoms with Crippen LogP contribution >= 0.6 is 0 Å². The lowest BCUT2D eigenvalue weighted by Gasteiger charge is -2.34. The molecule has 0 bridgehead atoms. The Morgan fingerprint density at radius 3 is 2.61 bits per heavy atom. The van der Waals surface area contributed by atoms with Crippen molar-refractivity contribution >= 4 is 5.97 Å². The number of ether oxygens (including phenoxy) is 1. The van der Waals surface area contributed by atoms with E-state index in [1.54, 1.807) is 0 Å². The van der Waals surface area contributed by atoms with Crippen LogP contribution in [0.4, 0.5) is 0 Å². The maximum atomic E-state index is 11.2. The molecule has 4 nitrogen and oxygen atoms in total. The van der Waals surface area contributed by atoms with Crippen molar-refractivity contribution in [3.05, 3.63) is 29.8 Å². The summed E-state index contributed by atoms with van der Waals surface area (Å²) in [6.45, 7) is 9.69. The van der Waals surface area contributed by atoms with Crippen LogP contribution < -0.4 is 4.74 Å². The predicted molar refractivity (Wildman–Crippen MR) is 91.6 cm³/mol. The van der Waals surface area contributed by atoms with Gasteiger partial charge in [0.1, 0.15) is 5.75 Å². The van der Waals surface area contributed by atoms with Gasteiger partial charge in [0.15, 0.2) is 0 Å². The first-order valence-corrected chi connectivity index (χ1v) is 8.61. The van der Waals surface area contributed by atoms with Gasteiger partial charge in [0.05, 0.1) is 12.5 Å². The van der Waals surface area contributed by atoms with Crippen molar-refractivity contribution in [2.75, 3.05) is 19.7 Å². The summed E-state index contributed by atoms with van der Waals surface area (Å²) in [6, 6.07) is 8.19. The molecule has 2 unspecified atom stereocenters. The van der Waals surface area contributed by atoms with Gasteiger partial charge >= 0.3 is 5.97 Å². The van der Waals surface area contributed by atoms with Crippen LogP contribution in [0.25, 0.3) is 0 Å². The smallest absolute Gasteiger partial charge is 0.307 e. The number of carbonyl (C=O) groups is 1. The molecule has 0 aromatic heterocycles. The zero-order valence-electron chi connectivity index (χ0n) is 14.5.